The van der Waals surface area contributed by atoms with E-state index in [2.05, 4.69) is 4.98 Å². The van der Waals surface area contributed by atoms with Gasteiger partial charge in [0.05, 0.1) is 39.2 Å². The molecule has 1 N–H and O–H groups in total. The molecule has 0 saturated carbocycles. The van der Waals surface area contributed by atoms with E-state index in [1.807, 2.05) is 0 Å². The Morgan fingerprint density at radius 3 is 2.03 bits per heavy atom. The summed E-state index contributed by atoms with van der Waals surface area (Å²) >= 11 is 0. The molecule has 0 aliphatic rings. The number of hydrogen-bond acceptors (Lipinski definition) is 8. The molecule has 30 heavy (non-hydrogen) atoms. The number of nitrogens with one attached hydrogen (secondary N) is 1. The smallest absolute Gasteiger partial charge is 0.342 e. The Morgan fingerprint density at radius 1 is 0.867 bits per heavy atom. The molecule has 0 aliphatic carbocycles. The number of hydrogen-bond donors (Lipinski definition) is 1. The van der Waals surface area contributed by atoms with Crippen molar-refractivity contribution in [3.63, 3.8) is 0 Å². The SMILES string of the molecule is CCOC(=O)c1c(C)[nH]c(C(=O)COC(=O)c2cc(OC)c(OC)cc2OC)c1C. The van der Waals surface area contributed by atoms with Gasteiger partial charge in [0.25, 0.3) is 0 Å². The molecular weight excluding hydrogens is 394 g/mol. The molecule has 0 unspecified atom stereocenters. The predicted octanol–water partition coefficient (Wildman–Crippen LogP) is 2.87. The summed E-state index contributed by atoms with van der Waals surface area (Å²) in [6.07, 6.45) is 0. The third-order valence-electron chi connectivity index (χ3n) is 4.46. The summed E-state index contributed by atoms with van der Waals surface area (Å²) in [5.74, 6) is -0.874. The number of benzene rings is 1. The van der Waals surface area contributed by atoms with Crippen molar-refractivity contribution in [2.75, 3.05) is 34.5 Å². The lowest BCUT2D eigenvalue weighted by atomic mass is 10.1. The number of aromatic amines is 1. The predicted molar refractivity (Wildman–Crippen MR) is 107 cm³/mol. The van der Waals surface area contributed by atoms with E-state index in [0.717, 1.165) is 0 Å². The van der Waals surface area contributed by atoms with Crippen molar-refractivity contribution in [1.29, 1.82) is 0 Å². The zero-order valence-electron chi connectivity index (χ0n) is 17.8. The summed E-state index contributed by atoms with van der Waals surface area (Å²) in [7, 11) is 4.28. The van der Waals surface area contributed by atoms with Gasteiger partial charge in [-0.05, 0) is 26.3 Å². The molecule has 9 heteroatoms. The molecule has 1 aromatic heterocycles. The van der Waals surface area contributed by atoms with Gasteiger partial charge in [0.15, 0.2) is 18.1 Å². The van der Waals surface area contributed by atoms with Crippen LogP contribution in [-0.4, -0.2) is 57.2 Å². The van der Waals surface area contributed by atoms with Crippen molar-refractivity contribution >= 4 is 17.7 Å². The summed E-state index contributed by atoms with van der Waals surface area (Å²) in [6.45, 7) is 4.68. The van der Waals surface area contributed by atoms with Gasteiger partial charge in [-0.25, -0.2) is 9.59 Å². The van der Waals surface area contributed by atoms with Gasteiger partial charge in [-0.1, -0.05) is 0 Å². The van der Waals surface area contributed by atoms with Gasteiger partial charge < -0.3 is 28.7 Å². The van der Waals surface area contributed by atoms with Crippen LogP contribution in [0, 0.1) is 13.8 Å². The first-order valence-electron chi connectivity index (χ1n) is 9.15. The molecule has 2 aromatic rings. The van der Waals surface area contributed by atoms with Gasteiger partial charge in [-0.2, -0.15) is 0 Å². The van der Waals surface area contributed by atoms with Crippen LogP contribution in [0.4, 0.5) is 0 Å². The van der Waals surface area contributed by atoms with Crippen LogP contribution in [0.3, 0.4) is 0 Å². The maximum absolute atomic E-state index is 12.6. The van der Waals surface area contributed by atoms with Gasteiger partial charge in [-0.3, -0.25) is 4.79 Å². The third-order valence-corrected chi connectivity index (χ3v) is 4.46. The van der Waals surface area contributed by atoms with E-state index in [-0.39, 0.29) is 23.6 Å². The molecule has 162 valence electrons. The Labute approximate surface area is 174 Å². The Balaban J connectivity index is 2.20. The highest BCUT2D eigenvalue weighted by atomic mass is 16.5. The molecular formula is C21H25NO8. The van der Waals surface area contributed by atoms with E-state index in [9.17, 15) is 14.4 Å². The molecule has 0 atom stereocenters. The molecule has 9 nitrogen and oxygen atoms in total. The molecule has 0 amide bonds. The lowest BCUT2D eigenvalue weighted by molar-refractivity contribution is 0.0468. The number of carbonyl (C=O) groups excluding carboxylic acids is 3. The van der Waals surface area contributed by atoms with E-state index in [1.165, 1.54) is 33.5 Å². The van der Waals surface area contributed by atoms with E-state index in [4.69, 9.17) is 23.7 Å². The number of ketones is 1. The van der Waals surface area contributed by atoms with Crippen LogP contribution in [0.5, 0.6) is 17.2 Å². The highest BCUT2D eigenvalue weighted by molar-refractivity contribution is 6.03. The van der Waals surface area contributed by atoms with Crippen molar-refractivity contribution in [2.24, 2.45) is 0 Å². The Morgan fingerprint density at radius 2 is 1.47 bits per heavy atom. The zero-order valence-corrected chi connectivity index (χ0v) is 17.8. The largest absolute Gasteiger partial charge is 0.496 e. The molecule has 2 rings (SSSR count). The average Bonchev–Trinajstić information content (AvgIpc) is 3.04. The number of rotatable bonds is 9. The first-order chi connectivity index (χ1) is 14.3. The van der Waals surface area contributed by atoms with Crippen molar-refractivity contribution in [1.82, 2.24) is 4.98 Å². The molecule has 1 aromatic carbocycles. The molecule has 1 heterocycles. The second kappa shape index (κ2) is 9.82. The van der Waals surface area contributed by atoms with Crippen LogP contribution in [-0.2, 0) is 9.47 Å². The Hall–Kier alpha value is -3.49. The second-order valence-corrected chi connectivity index (χ2v) is 6.25. The van der Waals surface area contributed by atoms with Crippen LogP contribution >= 0.6 is 0 Å². The highest BCUT2D eigenvalue weighted by Crippen LogP contribution is 2.35. The minimum Gasteiger partial charge on any atom is -0.496 e. The fraction of sp³-hybridized carbons (Fsp3) is 0.381. The number of aromatic nitrogens is 1. The lowest BCUT2D eigenvalue weighted by Gasteiger charge is -2.13. The number of aryl methyl sites for hydroxylation is 1. The van der Waals surface area contributed by atoms with Gasteiger partial charge in [-0.15, -0.1) is 0 Å². The lowest BCUT2D eigenvalue weighted by Crippen LogP contribution is -2.16. The maximum atomic E-state index is 12.6. The Kier molecular flexibility index (Phi) is 7.46. The third kappa shape index (κ3) is 4.56. The van der Waals surface area contributed by atoms with Crippen LogP contribution < -0.4 is 14.2 Å². The molecule has 0 aliphatic heterocycles. The van der Waals surface area contributed by atoms with Crippen molar-refractivity contribution in [3.05, 3.63) is 40.2 Å². The van der Waals surface area contributed by atoms with Crippen LogP contribution in [0.1, 0.15) is 49.4 Å². The van der Waals surface area contributed by atoms with Crippen molar-refractivity contribution < 1.29 is 38.1 Å². The molecule has 0 bridgehead atoms. The number of carbonyl (C=O) groups is 3. The standard InChI is InChI=1S/C21H25NO8/c1-7-29-21(25)18-11(2)19(22-12(18)3)14(23)10-30-20(24)13-8-16(27-5)17(28-6)9-15(13)26-4/h8-9,22H,7,10H2,1-6H3. The quantitative estimate of drug-likeness (QED) is 0.488. The molecule has 0 spiro atoms. The maximum Gasteiger partial charge on any atom is 0.342 e. The summed E-state index contributed by atoms with van der Waals surface area (Å²) in [6, 6.07) is 2.90. The van der Waals surface area contributed by atoms with E-state index in [0.29, 0.717) is 28.3 Å². The van der Waals surface area contributed by atoms with E-state index >= 15 is 0 Å². The second-order valence-electron chi connectivity index (χ2n) is 6.25. The topological polar surface area (TPSA) is 113 Å². The van der Waals surface area contributed by atoms with Gasteiger partial charge in [0.1, 0.15) is 11.3 Å². The number of esters is 2. The molecule has 0 fully saturated rings. The molecule has 0 saturated heterocycles. The van der Waals surface area contributed by atoms with Crippen LogP contribution in [0.2, 0.25) is 0 Å². The Bertz CT molecular complexity index is 960. The zero-order chi connectivity index (χ0) is 22.4. The summed E-state index contributed by atoms with van der Waals surface area (Å²) in [4.78, 5) is 40.1. The summed E-state index contributed by atoms with van der Waals surface area (Å²) < 4.78 is 25.8. The van der Waals surface area contributed by atoms with Crippen molar-refractivity contribution in [2.45, 2.75) is 20.8 Å². The number of methoxy groups -OCH3 is 3. The number of H-pyrrole nitrogens is 1. The van der Waals surface area contributed by atoms with Crippen LogP contribution in [0.15, 0.2) is 12.1 Å². The normalized spacial score (nSPS) is 10.3. The van der Waals surface area contributed by atoms with E-state index in [1.54, 1.807) is 20.8 Å². The fourth-order valence-corrected chi connectivity index (χ4v) is 3.01. The monoisotopic (exact) mass is 419 g/mol. The van der Waals surface area contributed by atoms with Crippen molar-refractivity contribution in [3.8, 4) is 17.2 Å². The first kappa shape index (κ1) is 22.8. The van der Waals surface area contributed by atoms with Gasteiger partial charge >= 0.3 is 11.9 Å². The average molecular weight is 419 g/mol. The first-order valence-corrected chi connectivity index (χ1v) is 9.15. The molecule has 0 radical (unpaired) electrons. The van der Waals surface area contributed by atoms with Crippen LogP contribution in [0.25, 0.3) is 0 Å². The highest BCUT2D eigenvalue weighted by Gasteiger charge is 2.25. The van der Waals surface area contributed by atoms with E-state index < -0.39 is 24.3 Å². The minimum absolute atomic E-state index is 0.0783. The summed E-state index contributed by atoms with van der Waals surface area (Å²) in [5.41, 5.74) is 1.50. The minimum atomic E-state index is -0.771. The van der Waals surface area contributed by atoms with Gasteiger partial charge in [0.2, 0.25) is 5.78 Å². The number of ether oxygens (including phenoxy) is 5. The van der Waals surface area contributed by atoms with Gasteiger partial charge in [0, 0.05) is 17.8 Å². The fourth-order valence-electron chi connectivity index (χ4n) is 3.01. The summed E-state index contributed by atoms with van der Waals surface area (Å²) in [5, 5.41) is 0. The number of Topliss-reactive ketones (excluding diaryl/α,β-unsaturated/α-hetero) is 1.